The lowest BCUT2D eigenvalue weighted by molar-refractivity contribution is 0.0680. The average Bonchev–Trinajstić information content (AvgIpc) is 2.71. The van der Waals surface area contributed by atoms with Crippen LogP contribution in [0.3, 0.4) is 0 Å². The van der Waals surface area contributed by atoms with Gasteiger partial charge < -0.3 is 18.6 Å². The van der Waals surface area contributed by atoms with Crippen LogP contribution < -0.4 is 8.92 Å². The quantitative estimate of drug-likeness (QED) is 0.526. The highest BCUT2D eigenvalue weighted by Gasteiger charge is 2.20. The molecule has 0 spiro atoms. The monoisotopic (exact) mass is 441 g/mol. The molecule has 158 valence electrons. The van der Waals surface area contributed by atoms with Crippen molar-refractivity contribution in [3.05, 3.63) is 58.6 Å². The van der Waals surface area contributed by atoms with E-state index in [2.05, 4.69) is 0 Å². The van der Waals surface area contributed by atoms with Gasteiger partial charge in [0, 0.05) is 20.2 Å². The first kappa shape index (κ1) is 23.0. The molecule has 9 heteroatoms. The molecule has 2 aromatic carbocycles. The second-order valence-electron chi connectivity index (χ2n) is 6.11. The number of nitrogens with zero attached hydrogens (tertiary/aromatic N) is 1. The predicted molar refractivity (Wildman–Crippen MR) is 111 cm³/mol. The smallest absolute Gasteiger partial charge is 0.309 e. The van der Waals surface area contributed by atoms with Gasteiger partial charge in [-0.15, -0.1) is 0 Å². The predicted octanol–water partition coefficient (Wildman–Crippen LogP) is 3.37. The number of amides is 1. The summed E-state index contributed by atoms with van der Waals surface area (Å²) in [5.74, 6) is -0.0757. The number of rotatable bonds is 10. The summed E-state index contributed by atoms with van der Waals surface area (Å²) in [7, 11) is -0.756. The van der Waals surface area contributed by atoms with Crippen molar-refractivity contribution in [3.63, 3.8) is 0 Å². The van der Waals surface area contributed by atoms with Gasteiger partial charge in [0.05, 0.1) is 30.1 Å². The molecule has 0 aliphatic heterocycles. The van der Waals surface area contributed by atoms with Crippen LogP contribution in [0.25, 0.3) is 0 Å². The minimum atomic E-state index is -3.73. The minimum Gasteiger partial charge on any atom is -0.493 e. The topological polar surface area (TPSA) is 82.1 Å². The van der Waals surface area contributed by atoms with E-state index >= 15 is 0 Å². The number of carbonyl (C=O) groups is 1. The summed E-state index contributed by atoms with van der Waals surface area (Å²) in [6.45, 7) is 2.36. The lowest BCUT2D eigenvalue weighted by Crippen LogP contribution is -2.33. The number of benzene rings is 2. The van der Waals surface area contributed by atoms with E-state index in [1.807, 2.05) is 0 Å². The molecule has 0 saturated carbocycles. The number of methoxy groups -OCH3 is 2. The Morgan fingerprint density at radius 3 is 2.45 bits per heavy atom. The van der Waals surface area contributed by atoms with Crippen LogP contribution in [-0.2, 0) is 21.4 Å². The Labute approximate surface area is 176 Å². The number of hydrogen-bond acceptors (Lipinski definition) is 6. The van der Waals surface area contributed by atoms with Gasteiger partial charge >= 0.3 is 10.1 Å². The SMILES string of the molecule is CCS(=O)(=O)Oc1cc(CN(CCOC)C(=O)c2ccccc2Cl)ccc1OC. The highest BCUT2D eigenvalue weighted by Crippen LogP contribution is 2.30. The second-order valence-corrected chi connectivity index (χ2v) is 8.38. The molecule has 7 nitrogen and oxygen atoms in total. The molecule has 2 rings (SSSR count). The standard InChI is InChI=1S/C20H24ClNO6S/c1-4-29(24,25)28-19-13-15(9-10-18(19)27-3)14-22(11-12-26-2)20(23)16-7-5-6-8-17(16)21/h5-10,13H,4,11-12,14H2,1-3H3. The zero-order chi connectivity index (χ0) is 21.4. The molecule has 0 N–H and O–H groups in total. The first-order chi connectivity index (χ1) is 13.8. The molecule has 0 unspecified atom stereocenters. The van der Waals surface area contributed by atoms with Gasteiger partial charge in [0.2, 0.25) is 0 Å². The summed E-state index contributed by atoms with van der Waals surface area (Å²) < 4.78 is 39.2. The van der Waals surface area contributed by atoms with Crippen molar-refractivity contribution in [1.82, 2.24) is 4.90 Å². The van der Waals surface area contributed by atoms with Gasteiger partial charge in [0.1, 0.15) is 0 Å². The fraction of sp³-hybridized carbons (Fsp3) is 0.350. The van der Waals surface area contributed by atoms with Crippen molar-refractivity contribution in [1.29, 1.82) is 0 Å². The molecule has 29 heavy (non-hydrogen) atoms. The maximum Gasteiger partial charge on any atom is 0.309 e. The molecule has 0 saturated heterocycles. The Balaban J connectivity index is 2.33. The van der Waals surface area contributed by atoms with Crippen molar-refractivity contribution in [2.75, 3.05) is 33.1 Å². The van der Waals surface area contributed by atoms with Crippen molar-refractivity contribution < 1.29 is 26.9 Å². The molecule has 0 atom stereocenters. The van der Waals surface area contributed by atoms with Crippen LogP contribution >= 0.6 is 11.6 Å². The third-order valence-corrected chi connectivity index (χ3v) is 5.60. The van der Waals surface area contributed by atoms with E-state index in [1.54, 1.807) is 54.5 Å². The van der Waals surface area contributed by atoms with Crippen molar-refractivity contribution >= 4 is 27.6 Å². The minimum absolute atomic E-state index is 0.0729. The Morgan fingerprint density at radius 1 is 1.10 bits per heavy atom. The van der Waals surface area contributed by atoms with Crippen molar-refractivity contribution in [2.45, 2.75) is 13.5 Å². The van der Waals surface area contributed by atoms with E-state index in [9.17, 15) is 13.2 Å². The highest BCUT2D eigenvalue weighted by molar-refractivity contribution is 7.87. The largest absolute Gasteiger partial charge is 0.493 e. The first-order valence-corrected chi connectivity index (χ1v) is 10.9. The summed E-state index contributed by atoms with van der Waals surface area (Å²) >= 11 is 6.17. The van der Waals surface area contributed by atoms with Crippen LogP contribution in [0.15, 0.2) is 42.5 Å². The number of carbonyl (C=O) groups excluding carboxylic acids is 1. The van der Waals surface area contributed by atoms with Crippen LogP contribution in [-0.4, -0.2) is 52.3 Å². The molecule has 0 radical (unpaired) electrons. The highest BCUT2D eigenvalue weighted by atomic mass is 35.5. The van der Waals surface area contributed by atoms with E-state index in [0.717, 1.165) is 0 Å². The summed E-state index contributed by atoms with van der Waals surface area (Å²) in [5.41, 5.74) is 1.05. The summed E-state index contributed by atoms with van der Waals surface area (Å²) in [6, 6.07) is 11.7. The van der Waals surface area contributed by atoms with Crippen molar-refractivity contribution in [3.8, 4) is 11.5 Å². The van der Waals surface area contributed by atoms with Gasteiger partial charge in [0.15, 0.2) is 11.5 Å². The van der Waals surface area contributed by atoms with Gasteiger partial charge in [-0.05, 0) is 36.8 Å². The molecule has 0 fully saturated rings. The number of ether oxygens (including phenoxy) is 2. The lowest BCUT2D eigenvalue weighted by Gasteiger charge is -2.23. The fourth-order valence-electron chi connectivity index (χ4n) is 2.56. The third kappa shape index (κ3) is 6.35. The van der Waals surface area contributed by atoms with E-state index in [0.29, 0.717) is 29.3 Å². The summed E-state index contributed by atoms with van der Waals surface area (Å²) in [4.78, 5) is 14.6. The molecular weight excluding hydrogens is 418 g/mol. The van der Waals surface area contributed by atoms with Gasteiger partial charge in [-0.3, -0.25) is 4.79 Å². The van der Waals surface area contributed by atoms with Gasteiger partial charge in [-0.1, -0.05) is 29.8 Å². The molecule has 2 aromatic rings. The Morgan fingerprint density at radius 2 is 1.83 bits per heavy atom. The molecule has 0 aliphatic carbocycles. The van der Waals surface area contributed by atoms with Crippen LogP contribution in [0.5, 0.6) is 11.5 Å². The van der Waals surface area contributed by atoms with Gasteiger partial charge in [-0.25, -0.2) is 0 Å². The molecule has 0 bridgehead atoms. The fourth-order valence-corrected chi connectivity index (χ4v) is 3.30. The van der Waals surface area contributed by atoms with Gasteiger partial charge in [0.25, 0.3) is 5.91 Å². The van der Waals surface area contributed by atoms with E-state index in [-0.39, 0.29) is 29.7 Å². The maximum atomic E-state index is 13.0. The van der Waals surface area contributed by atoms with E-state index in [4.69, 9.17) is 25.3 Å². The molecular formula is C20H24ClNO6S. The summed E-state index contributed by atoms with van der Waals surface area (Å²) in [5, 5.41) is 0.354. The van der Waals surface area contributed by atoms with Crippen LogP contribution in [0.1, 0.15) is 22.8 Å². The number of hydrogen-bond donors (Lipinski definition) is 0. The maximum absolute atomic E-state index is 13.0. The Hall–Kier alpha value is -2.29. The van der Waals surface area contributed by atoms with E-state index in [1.165, 1.54) is 14.0 Å². The van der Waals surface area contributed by atoms with Gasteiger partial charge in [-0.2, -0.15) is 8.42 Å². The average molecular weight is 442 g/mol. The zero-order valence-electron chi connectivity index (χ0n) is 16.6. The first-order valence-electron chi connectivity index (χ1n) is 8.93. The number of halogens is 1. The zero-order valence-corrected chi connectivity index (χ0v) is 18.1. The summed E-state index contributed by atoms with van der Waals surface area (Å²) in [6.07, 6.45) is 0. The Kier molecular flexibility index (Phi) is 8.31. The second kappa shape index (κ2) is 10.5. The van der Waals surface area contributed by atoms with Crippen LogP contribution in [0.4, 0.5) is 0 Å². The normalized spacial score (nSPS) is 11.2. The molecule has 0 aliphatic rings. The van der Waals surface area contributed by atoms with Crippen LogP contribution in [0, 0.1) is 0 Å². The lowest BCUT2D eigenvalue weighted by atomic mass is 10.1. The molecule has 1 amide bonds. The van der Waals surface area contributed by atoms with E-state index < -0.39 is 10.1 Å². The third-order valence-electron chi connectivity index (χ3n) is 4.13. The van der Waals surface area contributed by atoms with Crippen molar-refractivity contribution in [2.24, 2.45) is 0 Å². The molecule has 0 aromatic heterocycles. The van der Waals surface area contributed by atoms with Crippen LogP contribution in [0.2, 0.25) is 5.02 Å². The Bertz CT molecular complexity index is 948. The molecule has 0 heterocycles.